The van der Waals surface area contributed by atoms with Crippen LogP contribution in [0.25, 0.3) is 0 Å². The summed E-state index contributed by atoms with van der Waals surface area (Å²) < 4.78 is 0. The van der Waals surface area contributed by atoms with E-state index in [0.29, 0.717) is 30.2 Å². The number of aryl methyl sites for hydroxylation is 1. The smallest absolute Gasteiger partial charge is 0.321 e. The van der Waals surface area contributed by atoms with Crippen molar-refractivity contribution in [2.45, 2.75) is 26.7 Å². The fraction of sp³-hybridized carbons (Fsp3) is 0.467. The second-order valence-electron chi connectivity index (χ2n) is 5.16. The molecular formula is C15H19ClN2O2. The van der Waals surface area contributed by atoms with Crippen LogP contribution in [-0.4, -0.2) is 29.8 Å². The van der Waals surface area contributed by atoms with Crippen LogP contribution in [0.1, 0.15) is 25.3 Å². The molecular weight excluding hydrogens is 276 g/mol. The summed E-state index contributed by atoms with van der Waals surface area (Å²) in [7, 11) is 0. The molecule has 0 radical (unpaired) electrons. The normalized spacial score (nSPS) is 19.1. The van der Waals surface area contributed by atoms with Gasteiger partial charge in [-0.15, -0.1) is 0 Å². The third-order valence-corrected chi connectivity index (χ3v) is 4.13. The van der Waals surface area contributed by atoms with Gasteiger partial charge in [0.1, 0.15) is 5.78 Å². The van der Waals surface area contributed by atoms with Crippen molar-refractivity contribution in [3.63, 3.8) is 0 Å². The highest BCUT2D eigenvalue weighted by molar-refractivity contribution is 6.31. The van der Waals surface area contributed by atoms with Crippen molar-refractivity contribution in [2.24, 2.45) is 5.92 Å². The van der Waals surface area contributed by atoms with Gasteiger partial charge >= 0.3 is 6.03 Å². The molecule has 1 N–H and O–H groups in total. The molecule has 2 rings (SSSR count). The Labute approximate surface area is 124 Å². The summed E-state index contributed by atoms with van der Waals surface area (Å²) in [5.41, 5.74) is 1.65. The molecule has 0 spiro atoms. The van der Waals surface area contributed by atoms with Crippen molar-refractivity contribution >= 4 is 29.1 Å². The number of anilines is 1. The molecule has 108 valence electrons. The molecule has 0 aliphatic carbocycles. The van der Waals surface area contributed by atoms with Crippen LogP contribution >= 0.6 is 11.6 Å². The molecule has 1 aromatic carbocycles. The first kappa shape index (κ1) is 14.9. The molecule has 4 nitrogen and oxygen atoms in total. The Kier molecular flexibility index (Phi) is 4.65. The van der Waals surface area contributed by atoms with E-state index in [2.05, 4.69) is 5.32 Å². The van der Waals surface area contributed by atoms with Crippen molar-refractivity contribution in [3.05, 3.63) is 28.8 Å². The molecule has 5 heteroatoms. The summed E-state index contributed by atoms with van der Waals surface area (Å²) in [6.45, 7) is 4.88. The van der Waals surface area contributed by atoms with Crippen LogP contribution in [0, 0.1) is 12.8 Å². The summed E-state index contributed by atoms with van der Waals surface area (Å²) in [5.74, 6) is 0.228. The summed E-state index contributed by atoms with van der Waals surface area (Å²) >= 11 is 6.04. The molecule has 0 bridgehead atoms. The Morgan fingerprint density at radius 3 is 2.90 bits per heavy atom. The minimum absolute atomic E-state index is 0.0314. The maximum absolute atomic E-state index is 12.2. The van der Waals surface area contributed by atoms with Crippen molar-refractivity contribution in [1.82, 2.24) is 4.90 Å². The molecule has 1 aliphatic rings. The van der Waals surface area contributed by atoms with Gasteiger partial charge in [0.15, 0.2) is 0 Å². The van der Waals surface area contributed by atoms with Crippen molar-refractivity contribution < 1.29 is 9.59 Å². The lowest BCUT2D eigenvalue weighted by Gasteiger charge is -2.31. The fourth-order valence-electron chi connectivity index (χ4n) is 2.32. The van der Waals surface area contributed by atoms with Crippen molar-refractivity contribution in [2.75, 3.05) is 18.4 Å². The maximum Gasteiger partial charge on any atom is 0.321 e. The number of Topliss-reactive ketones (excluding diaryl/α,β-unsaturated/α-hetero) is 1. The van der Waals surface area contributed by atoms with Crippen LogP contribution in [0.3, 0.4) is 0 Å². The Morgan fingerprint density at radius 2 is 2.25 bits per heavy atom. The third-order valence-electron chi connectivity index (χ3n) is 3.73. The average Bonchev–Trinajstić information content (AvgIpc) is 2.43. The first-order chi connectivity index (χ1) is 9.51. The zero-order chi connectivity index (χ0) is 14.7. The highest BCUT2D eigenvalue weighted by Crippen LogP contribution is 2.21. The lowest BCUT2D eigenvalue weighted by molar-refractivity contribution is -0.125. The van der Waals surface area contributed by atoms with E-state index in [4.69, 9.17) is 11.6 Å². The molecule has 1 aliphatic heterocycles. The Balaban J connectivity index is 2.01. The van der Waals surface area contributed by atoms with Gasteiger partial charge in [-0.2, -0.15) is 0 Å². The minimum atomic E-state index is -0.170. The van der Waals surface area contributed by atoms with Gasteiger partial charge in [0.2, 0.25) is 0 Å². The van der Waals surface area contributed by atoms with Gasteiger partial charge in [0, 0.05) is 36.1 Å². The maximum atomic E-state index is 12.2. The lowest BCUT2D eigenvalue weighted by Crippen LogP contribution is -2.45. The topological polar surface area (TPSA) is 49.4 Å². The van der Waals surface area contributed by atoms with Gasteiger partial charge < -0.3 is 10.2 Å². The number of nitrogens with one attached hydrogen (secondary N) is 1. The number of amides is 2. The largest absolute Gasteiger partial charge is 0.323 e. The number of benzene rings is 1. The number of likely N-dealkylation sites (tertiary alicyclic amines) is 1. The average molecular weight is 295 g/mol. The lowest BCUT2D eigenvalue weighted by atomic mass is 9.94. The van der Waals surface area contributed by atoms with Crippen molar-refractivity contribution in [3.8, 4) is 0 Å². The summed E-state index contributed by atoms with van der Waals surface area (Å²) in [5, 5.41) is 3.46. The molecule has 1 aromatic rings. The second-order valence-corrected chi connectivity index (χ2v) is 5.57. The number of ketones is 1. The van der Waals surface area contributed by atoms with Gasteiger partial charge in [0.25, 0.3) is 0 Å². The molecule has 1 atom stereocenters. The first-order valence-corrected chi connectivity index (χ1v) is 7.24. The van der Waals surface area contributed by atoms with E-state index in [1.807, 2.05) is 26.0 Å². The molecule has 0 aromatic heterocycles. The number of nitrogens with zero attached hydrogens (tertiary/aromatic N) is 1. The first-order valence-electron chi connectivity index (χ1n) is 6.86. The van der Waals surface area contributed by atoms with Gasteiger partial charge in [-0.05, 0) is 31.0 Å². The predicted octanol–water partition coefficient (Wildman–Crippen LogP) is 3.48. The number of carbonyl (C=O) groups excluding carboxylic acids is 2. The van der Waals surface area contributed by atoms with E-state index < -0.39 is 0 Å². The second kappa shape index (κ2) is 6.27. The van der Waals surface area contributed by atoms with E-state index in [1.165, 1.54) is 0 Å². The molecule has 1 heterocycles. The zero-order valence-electron chi connectivity index (χ0n) is 11.8. The molecule has 1 fully saturated rings. The van der Waals surface area contributed by atoms with E-state index >= 15 is 0 Å². The van der Waals surface area contributed by atoms with Crippen molar-refractivity contribution in [1.29, 1.82) is 0 Å². The Bertz CT molecular complexity index is 531. The molecule has 1 saturated heterocycles. The van der Waals surface area contributed by atoms with Crippen LogP contribution in [0.5, 0.6) is 0 Å². The monoisotopic (exact) mass is 294 g/mol. The summed E-state index contributed by atoms with van der Waals surface area (Å²) in [6, 6.07) is 5.26. The van der Waals surface area contributed by atoms with Crippen LogP contribution in [0.4, 0.5) is 10.5 Å². The molecule has 1 unspecified atom stereocenters. The number of halogens is 1. The number of rotatable bonds is 2. The Hall–Kier alpha value is -1.55. The highest BCUT2D eigenvalue weighted by atomic mass is 35.5. The summed E-state index contributed by atoms with van der Waals surface area (Å²) in [6.07, 6.45) is 1.22. The van der Waals surface area contributed by atoms with E-state index in [9.17, 15) is 9.59 Å². The predicted molar refractivity (Wildman–Crippen MR) is 80.2 cm³/mol. The van der Waals surface area contributed by atoms with Crippen LogP contribution < -0.4 is 5.32 Å². The number of carbonyl (C=O) groups is 2. The summed E-state index contributed by atoms with van der Waals surface area (Å²) in [4.78, 5) is 25.5. The van der Waals surface area contributed by atoms with Gasteiger partial charge in [-0.3, -0.25) is 4.79 Å². The van der Waals surface area contributed by atoms with Gasteiger partial charge in [-0.25, -0.2) is 4.79 Å². The molecule has 0 saturated carbocycles. The minimum Gasteiger partial charge on any atom is -0.323 e. The van der Waals surface area contributed by atoms with Gasteiger partial charge in [0.05, 0.1) is 0 Å². The SMILES string of the molecule is CCC1CN(C(=O)Nc2ccc(C)c(Cl)c2)CCC1=O. The molecule has 2 amide bonds. The third kappa shape index (κ3) is 3.31. The number of hydrogen-bond acceptors (Lipinski definition) is 2. The zero-order valence-corrected chi connectivity index (χ0v) is 12.5. The number of piperidine rings is 1. The van der Waals surface area contributed by atoms with Crippen LogP contribution in [0.2, 0.25) is 5.02 Å². The number of hydrogen-bond donors (Lipinski definition) is 1. The highest BCUT2D eigenvalue weighted by Gasteiger charge is 2.28. The Morgan fingerprint density at radius 1 is 1.50 bits per heavy atom. The fourth-order valence-corrected chi connectivity index (χ4v) is 2.50. The van der Waals surface area contributed by atoms with E-state index in [1.54, 1.807) is 11.0 Å². The molecule has 20 heavy (non-hydrogen) atoms. The standard InChI is InChI=1S/C15H19ClN2O2/c1-3-11-9-18(7-6-14(11)19)15(20)17-12-5-4-10(2)13(16)8-12/h4-5,8,11H,3,6-7,9H2,1-2H3,(H,17,20). The number of urea groups is 1. The van der Waals surface area contributed by atoms with Crippen LogP contribution in [0.15, 0.2) is 18.2 Å². The van der Waals surface area contributed by atoms with E-state index in [-0.39, 0.29) is 17.7 Å². The quantitative estimate of drug-likeness (QED) is 0.908. The van der Waals surface area contributed by atoms with Gasteiger partial charge in [-0.1, -0.05) is 24.6 Å². The van der Waals surface area contributed by atoms with E-state index in [0.717, 1.165) is 12.0 Å². The van der Waals surface area contributed by atoms with Crippen LogP contribution in [-0.2, 0) is 4.79 Å².